The Balaban J connectivity index is 2.38. The first kappa shape index (κ1) is 18.1. The Kier molecular flexibility index (Phi) is 7.93. The van der Waals surface area contributed by atoms with E-state index in [0.717, 1.165) is 18.7 Å². The maximum Gasteiger partial charge on any atom is 0.225 e. The van der Waals surface area contributed by atoms with Gasteiger partial charge in [0.1, 0.15) is 0 Å². The number of benzene rings is 1. The molecule has 1 rings (SSSR count). The zero-order chi connectivity index (χ0) is 15.8. The minimum atomic E-state index is -0.0133. The molecule has 1 atom stereocenters. The average molecular weight is 330 g/mol. The van der Waals surface area contributed by atoms with Crippen LogP contribution in [0.1, 0.15) is 19.8 Å². The Morgan fingerprint density at radius 3 is 2.86 bits per heavy atom. The van der Waals surface area contributed by atoms with Gasteiger partial charge in [-0.2, -0.15) is 11.8 Å². The number of amides is 1. The number of hydrogen-bond donors (Lipinski definition) is 2. The van der Waals surface area contributed by atoms with Gasteiger partial charge in [-0.15, -0.1) is 0 Å². The van der Waals surface area contributed by atoms with Crippen LogP contribution in [-0.2, 0) is 4.79 Å². The SMILES string of the molecule is CSCCC(C)N(C)CCC(=O)Nc1ccc(Cl)c(N)c1. The third kappa shape index (κ3) is 6.59. The fourth-order valence-electron chi connectivity index (χ4n) is 1.85. The van der Waals surface area contributed by atoms with Crippen molar-refractivity contribution in [3.8, 4) is 0 Å². The maximum atomic E-state index is 11.9. The lowest BCUT2D eigenvalue weighted by molar-refractivity contribution is -0.116. The van der Waals surface area contributed by atoms with Crippen LogP contribution in [0.2, 0.25) is 5.02 Å². The molecule has 0 fully saturated rings. The van der Waals surface area contributed by atoms with E-state index < -0.39 is 0 Å². The van der Waals surface area contributed by atoms with Crippen molar-refractivity contribution >= 4 is 40.6 Å². The van der Waals surface area contributed by atoms with Crippen LogP contribution in [-0.4, -0.2) is 42.4 Å². The molecule has 0 radical (unpaired) electrons. The molecule has 0 aromatic heterocycles. The van der Waals surface area contributed by atoms with Crippen molar-refractivity contribution in [3.05, 3.63) is 23.2 Å². The van der Waals surface area contributed by atoms with Crippen LogP contribution in [0.4, 0.5) is 11.4 Å². The number of halogens is 1. The van der Waals surface area contributed by atoms with Gasteiger partial charge in [0.15, 0.2) is 0 Å². The zero-order valence-corrected chi connectivity index (χ0v) is 14.4. The zero-order valence-electron chi connectivity index (χ0n) is 12.9. The van der Waals surface area contributed by atoms with Crippen LogP contribution in [0.25, 0.3) is 0 Å². The minimum Gasteiger partial charge on any atom is -0.397 e. The summed E-state index contributed by atoms with van der Waals surface area (Å²) in [4.78, 5) is 14.1. The lowest BCUT2D eigenvalue weighted by atomic mass is 10.2. The molecular formula is C15H24ClN3OS. The Hall–Kier alpha value is -0.910. The van der Waals surface area contributed by atoms with Crippen LogP contribution in [0.5, 0.6) is 0 Å². The molecule has 0 saturated heterocycles. The molecule has 118 valence electrons. The Bertz CT molecular complexity index is 470. The number of hydrogen-bond acceptors (Lipinski definition) is 4. The fraction of sp³-hybridized carbons (Fsp3) is 0.533. The molecule has 1 unspecified atom stereocenters. The van der Waals surface area contributed by atoms with Crippen LogP contribution in [0.3, 0.4) is 0 Å². The second kappa shape index (κ2) is 9.18. The van der Waals surface area contributed by atoms with E-state index >= 15 is 0 Å². The molecule has 0 bridgehead atoms. The summed E-state index contributed by atoms with van der Waals surface area (Å²) in [5, 5.41) is 3.33. The van der Waals surface area contributed by atoms with Gasteiger partial charge in [0.25, 0.3) is 0 Å². The van der Waals surface area contributed by atoms with Crippen molar-refractivity contribution < 1.29 is 4.79 Å². The molecule has 0 heterocycles. The highest BCUT2D eigenvalue weighted by Gasteiger charge is 2.11. The van der Waals surface area contributed by atoms with Crippen molar-refractivity contribution in [1.82, 2.24) is 4.90 Å². The fourth-order valence-corrected chi connectivity index (χ4v) is 2.55. The van der Waals surface area contributed by atoms with E-state index in [2.05, 4.69) is 30.4 Å². The number of nitrogens with one attached hydrogen (secondary N) is 1. The summed E-state index contributed by atoms with van der Waals surface area (Å²) in [5.74, 6) is 1.13. The monoisotopic (exact) mass is 329 g/mol. The smallest absolute Gasteiger partial charge is 0.225 e. The van der Waals surface area contributed by atoms with E-state index in [0.29, 0.717) is 28.9 Å². The predicted molar refractivity (Wildman–Crippen MR) is 94.2 cm³/mol. The summed E-state index contributed by atoms with van der Waals surface area (Å²) in [7, 11) is 2.05. The second-order valence-electron chi connectivity index (χ2n) is 5.15. The van der Waals surface area contributed by atoms with E-state index in [-0.39, 0.29) is 5.91 Å². The van der Waals surface area contributed by atoms with Crippen molar-refractivity contribution in [3.63, 3.8) is 0 Å². The first-order chi connectivity index (χ1) is 9.93. The van der Waals surface area contributed by atoms with Gasteiger partial charge in [-0.05, 0) is 50.6 Å². The average Bonchev–Trinajstić information content (AvgIpc) is 2.46. The number of thioether (sulfide) groups is 1. The summed E-state index contributed by atoms with van der Waals surface area (Å²) in [6.07, 6.45) is 3.70. The van der Waals surface area contributed by atoms with Gasteiger partial charge >= 0.3 is 0 Å². The first-order valence-electron chi connectivity index (χ1n) is 6.98. The van der Waals surface area contributed by atoms with Crippen molar-refractivity contribution in [2.75, 3.05) is 36.7 Å². The van der Waals surface area contributed by atoms with Crippen LogP contribution in [0.15, 0.2) is 18.2 Å². The van der Waals surface area contributed by atoms with E-state index in [4.69, 9.17) is 17.3 Å². The molecule has 0 spiro atoms. The van der Waals surface area contributed by atoms with Gasteiger partial charge in [-0.25, -0.2) is 0 Å². The predicted octanol–water partition coefficient (Wildman–Crippen LogP) is 3.32. The normalized spacial score (nSPS) is 12.4. The van der Waals surface area contributed by atoms with E-state index in [1.807, 2.05) is 11.8 Å². The highest BCUT2D eigenvalue weighted by molar-refractivity contribution is 7.98. The molecular weight excluding hydrogens is 306 g/mol. The topological polar surface area (TPSA) is 58.4 Å². The molecule has 1 aromatic carbocycles. The first-order valence-corrected chi connectivity index (χ1v) is 8.75. The van der Waals surface area contributed by atoms with Gasteiger partial charge < -0.3 is 16.0 Å². The number of carbonyl (C=O) groups is 1. The second-order valence-corrected chi connectivity index (χ2v) is 6.54. The lowest BCUT2D eigenvalue weighted by Gasteiger charge is -2.24. The van der Waals surface area contributed by atoms with Gasteiger partial charge in [-0.3, -0.25) is 4.79 Å². The van der Waals surface area contributed by atoms with Crippen LogP contribution >= 0.6 is 23.4 Å². The third-order valence-corrected chi connectivity index (χ3v) is 4.45. The number of carbonyl (C=O) groups excluding carboxylic acids is 1. The van der Waals surface area contributed by atoms with Gasteiger partial charge in [0, 0.05) is 24.7 Å². The molecule has 21 heavy (non-hydrogen) atoms. The molecule has 0 aliphatic heterocycles. The summed E-state index contributed by atoms with van der Waals surface area (Å²) in [5.41, 5.74) is 6.86. The maximum absolute atomic E-state index is 11.9. The van der Waals surface area contributed by atoms with Gasteiger partial charge in [0.05, 0.1) is 10.7 Å². The van der Waals surface area contributed by atoms with E-state index in [9.17, 15) is 4.79 Å². The minimum absolute atomic E-state index is 0.0133. The van der Waals surface area contributed by atoms with Crippen LogP contribution < -0.4 is 11.1 Å². The van der Waals surface area contributed by atoms with E-state index in [1.54, 1.807) is 18.2 Å². The number of rotatable bonds is 8. The molecule has 1 amide bonds. The van der Waals surface area contributed by atoms with Gasteiger partial charge in [0.2, 0.25) is 5.91 Å². The number of nitrogen functional groups attached to an aromatic ring is 1. The van der Waals surface area contributed by atoms with E-state index in [1.165, 1.54) is 0 Å². The van der Waals surface area contributed by atoms with Crippen molar-refractivity contribution in [2.45, 2.75) is 25.8 Å². The summed E-state index contributed by atoms with van der Waals surface area (Å²) in [6, 6.07) is 5.59. The largest absolute Gasteiger partial charge is 0.397 e. The quantitative estimate of drug-likeness (QED) is 0.718. The molecule has 4 nitrogen and oxygen atoms in total. The molecule has 6 heteroatoms. The number of anilines is 2. The molecule has 0 aliphatic carbocycles. The molecule has 0 aliphatic rings. The highest BCUT2D eigenvalue weighted by Crippen LogP contribution is 2.22. The molecule has 3 N–H and O–H groups in total. The highest BCUT2D eigenvalue weighted by atomic mass is 35.5. The van der Waals surface area contributed by atoms with Crippen molar-refractivity contribution in [1.29, 1.82) is 0 Å². The summed E-state index contributed by atoms with van der Waals surface area (Å²) in [6.45, 7) is 2.93. The Labute approximate surface area is 136 Å². The van der Waals surface area contributed by atoms with Crippen LogP contribution in [0, 0.1) is 0 Å². The standard InChI is InChI=1S/C15H24ClN3OS/c1-11(7-9-21-3)19(2)8-6-15(20)18-12-4-5-13(16)14(17)10-12/h4-5,10-11H,6-9,17H2,1-3H3,(H,18,20). The molecule has 1 aromatic rings. The van der Waals surface area contributed by atoms with Crippen molar-refractivity contribution in [2.24, 2.45) is 0 Å². The molecule has 0 saturated carbocycles. The third-order valence-electron chi connectivity index (χ3n) is 3.46. The van der Waals surface area contributed by atoms with Gasteiger partial charge in [-0.1, -0.05) is 11.6 Å². The lowest BCUT2D eigenvalue weighted by Crippen LogP contribution is -2.32. The number of nitrogens with two attached hydrogens (primary N) is 1. The summed E-state index contributed by atoms with van der Waals surface area (Å²) < 4.78 is 0. The number of nitrogens with zero attached hydrogens (tertiary/aromatic N) is 1. The Morgan fingerprint density at radius 1 is 1.52 bits per heavy atom. The summed E-state index contributed by atoms with van der Waals surface area (Å²) >= 11 is 7.70. The Morgan fingerprint density at radius 2 is 2.24 bits per heavy atom.